The van der Waals surface area contributed by atoms with E-state index in [1.165, 1.54) is 10.9 Å². The maximum atomic E-state index is 12.3. The molecule has 0 aliphatic heterocycles. The summed E-state index contributed by atoms with van der Waals surface area (Å²) < 4.78 is 28.4. The lowest BCUT2D eigenvalue weighted by atomic mass is 9.78. The van der Waals surface area contributed by atoms with Gasteiger partial charge in [0.1, 0.15) is 0 Å². The first-order chi connectivity index (χ1) is 9.77. The first-order valence-electron chi connectivity index (χ1n) is 7.26. The Kier molecular flexibility index (Phi) is 4.60. The van der Waals surface area contributed by atoms with E-state index in [0.29, 0.717) is 18.8 Å². The molecule has 0 amide bonds. The second-order valence-electron chi connectivity index (χ2n) is 5.95. The number of aryl methyl sites for hydroxylation is 1. The molecule has 1 saturated carbocycles. The van der Waals surface area contributed by atoms with Crippen LogP contribution in [0.4, 0.5) is 5.82 Å². The number of nitrogens with one attached hydrogen (secondary N) is 1. The summed E-state index contributed by atoms with van der Waals surface area (Å²) in [4.78, 5) is 3.77. The number of hydrogen-bond donors (Lipinski definition) is 3. The number of nitrogens with two attached hydrogens (primary N) is 1. The molecular weight excluding hydrogens is 292 g/mol. The van der Waals surface area contributed by atoms with Gasteiger partial charge in [0.05, 0.1) is 11.9 Å². The Morgan fingerprint density at radius 3 is 2.62 bits per heavy atom. The van der Waals surface area contributed by atoms with Crippen LogP contribution in [0.15, 0.2) is 11.4 Å². The highest BCUT2D eigenvalue weighted by molar-refractivity contribution is 7.89. The summed E-state index contributed by atoms with van der Waals surface area (Å²) in [6.07, 6.45) is 5.56. The van der Waals surface area contributed by atoms with E-state index in [0.717, 1.165) is 19.3 Å². The lowest BCUT2D eigenvalue weighted by Crippen LogP contribution is -2.45. The van der Waals surface area contributed by atoms with E-state index in [2.05, 4.69) is 16.6 Å². The highest BCUT2D eigenvalue weighted by Crippen LogP contribution is 2.33. The van der Waals surface area contributed by atoms with E-state index >= 15 is 0 Å². The van der Waals surface area contributed by atoms with Crippen molar-refractivity contribution < 1.29 is 13.5 Å². The molecule has 1 aliphatic rings. The Bertz CT molecular complexity index is 569. The van der Waals surface area contributed by atoms with Crippen LogP contribution >= 0.6 is 0 Å². The zero-order valence-corrected chi connectivity index (χ0v) is 13.4. The second-order valence-corrected chi connectivity index (χ2v) is 7.63. The van der Waals surface area contributed by atoms with Crippen LogP contribution in [0.1, 0.15) is 39.0 Å². The Morgan fingerprint density at radius 2 is 2.14 bits per heavy atom. The molecule has 0 aromatic carbocycles. The fourth-order valence-electron chi connectivity index (χ4n) is 2.86. The molecule has 4 N–H and O–H groups in total. The van der Waals surface area contributed by atoms with Crippen LogP contribution < -0.4 is 10.5 Å². The zero-order valence-electron chi connectivity index (χ0n) is 12.5. The minimum Gasteiger partial charge on any atom is -0.389 e. The van der Waals surface area contributed by atoms with Gasteiger partial charge in [0, 0.05) is 13.6 Å². The van der Waals surface area contributed by atoms with Crippen LogP contribution in [0.2, 0.25) is 0 Å². The molecule has 0 atom stereocenters. The molecule has 1 heterocycles. The predicted molar refractivity (Wildman–Crippen MR) is 80.0 cm³/mol. The summed E-state index contributed by atoms with van der Waals surface area (Å²) in [6.45, 7) is 2.15. The van der Waals surface area contributed by atoms with Crippen molar-refractivity contribution in [2.45, 2.75) is 49.7 Å². The van der Waals surface area contributed by atoms with Crippen molar-refractivity contribution >= 4 is 15.8 Å². The van der Waals surface area contributed by atoms with Crippen molar-refractivity contribution in [3.63, 3.8) is 0 Å². The summed E-state index contributed by atoms with van der Waals surface area (Å²) in [5, 5.41) is 10.4. The van der Waals surface area contributed by atoms with Crippen molar-refractivity contribution in [3.8, 4) is 0 Å². The molecule has 120 valence electrons. The van der Waals surface area contributed by atoms with Gasteiger partial charge in [0.15, 0.2) is 10.8 Å². The second kappa shape index (κ2) is 5.94. The van der Waals surface area contributed by atoms with Gasteiger partial charge in [0.25, 0.3) is 10.0 Å². The van der Waals surface area contributed by atoms with Crippen molar-refractivity contribution in [1.29, 1.82) is 0 Å². The fraction of sp³-hybridized carbons (Fsp3) is 0.769. The molecule has 0 bridgehead atoms. The van der Waals surface area contributed by atoms with E-state index in [1.807, 2.05) is 0 Å². The molecule has 8 heteroatoms. The summed E-state index contributed by atoms with van der Waals surface area (Å²) in [6, 6.07) is 0. The Hall–Kier alpha value is -1.12. The summed E-state index contributed by atoms with van der Waals surface area (Å²) in [5.41, 5.74) is 4.63. The third-order valence-electron chi connectivity index (χ3n) is 4.37. The largest absolute Gasteiger partial charge is 0.389 e. The molecule has 2 rings (SSSR count). The lowest BCUT2D eigenvalue weighted by molar-refractivity contribution is -0.00444. The molecule has 0 radical (unpaired) electrons. The van der Waals surface area contributed by atoms with Crippen LogP contribution in [0.5, 0.6) is 0 Å². The number of aromatic nitrogens is 2. The highest BCUT2D eigenvalue weighted by Gasteiger charge is 2.34. The quantitative estimate of drug-likeness (QED) is 0.737. The van der Waals surface area contributed by atoms with Crippen molar-refractivity contribution in [2.75, 3.05) is 12.3 Å². The van der Waals surface area contributed by atoms with Crippen LogP contribution in [0.25, 0.3) is 0 Å². The van der Waals surface area contributed by atoms with Crippen molar-refractivity contribution in [2.24, 2.45) is 13.0 Å². The molecule has 1 aromatic rings. The molecule has 0 spiro atoms. The molecule has 0 unspecified atom stereocenters. The third kappa shape index (κ3) is 3.56. The molecule has 1 fully saturated rings. The van der Waals surface area contributed by atoms with E-state index in [9.17, 15) is 13.5 Å². The molecule has 1 aromatic heterocycles. The first-order valence-corrected chi connectivity index (χ1v) is 8.74. The van der Waals surface area contributed by atoms with Crippen LogP contribution in [0.3, 0.4) is 0 Å². The molecule has 0 saturated heterocycles. The topological polar surface area (TPSA) is 110 Å². The SMILES string of the molecule is CCC1CCC(O)(CNS(=O)(=O)c2c(N)ncn2C)CC1. The number of aliphatic hydroxyl groups is 1. The number of nitrogens with zero attached hydrogens (tertiary/aromatic N) is 2. The third-order valence-corrected chi connectivity index (χ3v) is 5.90. The zero-order chi connectivity index (χ0) is 15.7. The van der Waals surface area contributed by atoms with E-state index in [-0.39, 0.29) is 17.4 Å². The van der Waals surface area contributed by atoms with Gasteiger partial charge < -0.3 is 15.4 Å². The molecule has 1 aliphatic carbocycles. The van der Waals surface area contributed by atoms with Gasteiger partial charge in [-0.25, -0.2) is 18.1 Å². The number of nitrogen functional groups attached to an aromatic ring is 1. The fourth-order valence-corrected chi connectivity index (χ4v) is 4.21. The van der Waals surface area contributed by atoms with Gasteiger partial charge in [-0.15, -0.1) is 0 Å². The van der Waals surface area contributed by atoms with Crippen LogP contribution in [0, 0.1) is 5.92 Å². The monoisotopic (exact) mass is 316 g/mol. The van der Waals surface area contributed by atoms with Gasteiger partial charge >= 0.3 is 0 Å². The molecule has 7 nitrogen and oxygen atoms in total. The van der Waals surface area contributed by atoms with Crippen LogP contribution in [-0.2, 0) is 17.1 Å². The summed E-state index contributed by atoms with van der Waals surface area (Å²) >= 11 is 0. The molecular formula is C13H24N4O3S. The maximum Gasteiger partial charge on any atom is 0.260 e. The maximum absolute atomic E-state index is 12.3. The average Bonchev–Trinajstić information content (AvgIpc) is 2.78. The smallest absolute Gasteiger partial charge is 0.260 e. The standard InChI is InChI=1S/C13H24N4O3S/c1-3-10-4-6-13(18,7-5-10)8-16-21(19,20)12-11(14)15-9-17(12)2/h9-10,16,18H,3-8,14H2,1-2H3. The molecule has 21 heavy (non-hydrogen) atoms. The number of sulfonamides is 1. The van der Waals surface area contributed by atoms with Gasteiger partial charge in [-0.1, -0.05) is 13.3 Å². The normalized spacial score (nSPS) is 26.9. The number of hydrogen-bond acceptors (Lipinski definition) is 5. The minimum atomic E-state index is -3.77. The number of imidazole rings is 1. The Morgan fingerprint density at radius 1 is 1.52 bits per heavy atom. The number of rotatable bonds is 5. The predicted octanol–water partition coefficient (Wildman–Crippen LogP) is 0.612. The summed E-state index contributed by atoms with van der Waals surface area (Å²) in [5.74, 6) is 0.598. The first kappa shape index (κ1) is 16.3. The van der Waals surface area contributed by atoms with Gasteiger partial charge in [0.2, 0.25) is 0 Å². The summed E-state index contributed by atoms with van der Waals surface area (Å²) in [7, 11) is -2.20. The Balaban J connectivity index is 2.03. The van der Waals surface area contributed by atoms with E-state index < -0.39 is 15.6 Å². The highest BCUT2D eigenvalue weighted by atomic mass is 32.2. The Labute approximate surface area is 125 Å². The van der Waals surface area contributed by atoms with E-state index in [4.69, 9.17) is 5.73 Å². The van der Waals surface area contributed by atoms with Gasteiger partial charge in [-0.2, -0.15) is 0 Å². The van der Waals surface area contributed by atoms with Crippen molar-refractivity contribution in [3.05, 3.63) is 6.33 Å². The lowest BCUT2D eigenvalue weighted by Gasteiger charge is -2.35. The average molecular weight is 316 g/mol. The van der Waals surface area contributed by atoms with E-state index in [1.54, 1.807) is 7.05 Å². The number of anilines is 1. The van der Waals surface area contributed by atoms with Gasteiger partial charge in [-0.05, 0) is 31.6 Å². The van der Waals surface area contributed by atoms with Crippen molar-refractivity contribution in [1.82, 2.24) is 14.3 Å². The van der Waals surface area contributed by atoms with Crippen LogP contribution in [-0.4, -0.2) is 35.2 Å². The minimum absolute atomic E-state index is 0.0103. The van der Waals surface area contributed by atoms with Gasteiger partial charge in [-0.3, -0.25) is 0 Å².